The van der Waals surface area contributed by atoms with Gasteiger partial charge in [-0.3, -0.25) is 14.4 Å². The first kappa shape index (κ1) is 30.8. The van der Waals surface area contributed by atoms with Gasteiger partial charge in [0.25, 0.3) is 0 Å². The smallest absolute Gasteiger partial charge is 0.326 e. The lowest BCUT2D eigenvalue weighted by Crippen LogP contribution is -2.59. The Bertz CT molecular complexity index is 1300. The van der Waals surface area contributed by atoms with Crippen LogP contribution >= 0.6 is 0 Å². The molecule has 0 aliphatic heterocycles. The number of phenolic OH excluding ortho intramolecular Hbond substituents is 1. The molecule has 0 saturated carbocycles. The van der Waals surface area contributed by atoms with E-state index in [1.807, 2.05) is 0 Å². The number of carbonyl (C=O) groups excluding carboxylic acids is 3. The zero-order valence-electron chi connectivity index (χ0n) is 22.4. The number of aliphatic hydroxyl groups excluding tert-OH is 1. The van der Waals surface area contributed by atoms with Gasteiger partial charge in [0, 0.05) is 31.2 Å². The predicted molar refractivity (Wildman–Crippen MR) is 147 cm³/mol. The minimum absolute atomic E-state index is 0.0117. The number of nitrogens with one attached hydrogen (secondary N) is 4. The molecule has 1 heterocycles. The number of benzene rings is 2. The molecule has 13 nitrogen and oxygen atoms in total. The summed E-state index contributed by atoms with van der Waals surface area (Å²) in [7, 11) is 0. The molecule has 5 atom stereocenters. The Morgan fingerprint density at radius 2 is 1.37 bits per heavy atom. The minimum atomic E-state index is -1.31. The fourth-order valence-corrected chi connectivity index (χ4v) is 3.98. The number of nitrogens with zero attached hydrogens (tertiary/aromatic N) is 1. The Kier molecular flexibility index (Phi) is 11.0. The average Bonchev–Trinajstić information content (AvgIpc) is 3.46. The maximum Gasteiger partial charge on any atom is 0.326 e. The van der Waals surface area contributed by atoms with E-state index in [0.717, 1.165) is 0 Å². The van der Waals surface area contributed by atoms with Gasteiger partial charge in [0.1, 0.15) is 29.9 Å². The van der Waals surface area contributed by atoms with E-state index in [1.165, 1.54) is 31.6 Å². The average molecular weight is 567 g/mol. The summed E-state index contributed by atoms with van der Waals surface area (Å²) in [6.45, 7) is 1.33. The lowest BCUT2D eigenvalue weighted by molar-refractivity contribution is -0.142. The molecule has 0 saturated heterocycles. The fraction of sp³-hybridized carbons (Fsp3) is 0.321. The standard InChI is InChI=1S/C28H34N6O7/c1-16(35)24(29)27(39)33-22(12-18-7-9-20(36)10-8-18)25(37)32-21(11-17-5-3-2-4-6-17)26(38)34-23(28(40)41)13-19-14-30-15-31-19/h2-10,14-16,21-24,35-36H,11-13,29H2,1H3,(H,30,31)(H,32,37)(H,33,39)(H,34,38)(H,40,41). The lowest BCUT2D eigenvalue weighted by atomic mass is 10.0. The van der Waals surface area contributed by atoms with Crippen molar-refractivity contribution in [2.45, 2.75) is 56.5 Å². The largest absolute Gasteiger partial charge is 0.508 e. The number of carboxylic acid groups (broad SMARTS) is 1. The molecule has 3 rings (SSSR count). The van der Waals surface area contributed by atoms with Crippen molar-refractivity contribution in [3.8, 4) is 5.75 Å². The van der Waals surface area contributed by atoms with Crippen LogP contribution in [0.4, 0.5) is 0 Å². The van der Waals surface area contributed by atoms with Crippen LogP contribution in [0.1, 0.15) is 23.7 Å². The molecule has 0 bridgehead atoms. The third-order valence-corrected chi connectivity index (χ3v) is 6.34. The normalized spacial score (nSPS) is 14.6. The summed E-state index contributed by atoms with van der Waals surface area (Å²) in [6.07, 6.45) is 1.58. The zero-order valence-corrected chi connectivity index (χ0v) is 22.4. The van der Waals surface area contributed by atoms with Crippen LogP contribution < -0.4 is 21.7 Å². The van der Waals surface area contributed by atoms with Crippen LogP contribution in [0.5, 0.6) is 5.75 Å². The number of aliphatic hydroxyl groups is 1. The lowest BCUT2D eigenvalue weighted by Gasteiger charge is -2.26. The molecule has 0 fully saturated rings. The van der Waals surface area contributed by atoms with E-state index in [9.17, 15) is 34.5 Å². The molecule has 41 heavy (non-hydrogen) atoms. The number of H-pyrrole nitrogens is 1. The summed E-state index contributed by atoms with van der Waals surface area (Å²) in [4.78, 5) is 58.1. The Labute approximate surface area is 236 Å². The molecule has 3 aromatic rings. The van der Waals surface area contributed by atoms with E-state index < -0.39 is 54.0 Å². The molecule has 9 N–H and O–H groups in total. The first-order valence-corrected chi connectivity index (χ1v) is 12.9. The van der Waals surface area contributed by atoms with Gasteiger partial charge in [0.15, 0.2) is 0 Å². The molecular formula is C28H34N6O7. The number of nitrogens with two attached hydrogens (primary N) is 1. The van der Waals surface area contributed by atoms with Gasteiger partial charge < -0.3 is 42.0 Å². The first-order chi connectivity index (χ1) is 19.5. The number of hydrogen-bond donors (Lipinski definition) is 8. The van der Waals surface area contributed by atoms with E-state index in [4.69, 9.17) is 5.73 Å². The number of hydrogen-bond acceptors (Lipinski definition) is 8. The van der Waals surface area contributed by atoms with Crippen molar-refractivity contribution in [1.82, 2.24) is 25.9 Å². The van der Waals surface area contributed by atoms with Crippen LogP contribution in [0, 0.1) is 0 Å². The van der Waals surface area contributed by atoms with E-state index in [0.29, 0.717) is 16.8 Å². The van der Waals surface area contributed by atoms with Gasteiger partial charge in [-0.15, -0.1) is 0 Å². The highest BCUT2D eigenvalue weighted by Gasteiger charge is 2.31. The number of rotatable bonds is 14. The van der Waals surface area contributed by atoms with Crippen LogP contribution in [0.3, 0.4) is 0 Å². The molecular weight excluding hydrogens is 532 g/mol. The van der Waals surface area contributed by atoms with Gasteiger partial charge in [-0.2, -0.15) is 0 Å². The number of aromatic amines is 1. The number of aliphatic carboxylic acids is 1. The number of amides is 3. The van der Waals surface area contributed by atoms with Crippen LogP contribution in [-0.4, -0.2) is 79.2 Å². The number of carboxylic acids is 1. The number of aromatic nitrogens is 2. The second-order valence-electron chi connectivity index (χ2n) is 9.63. The number of aromatic hydroxyl groups is 1. The highest BCUT2D eigenvalue weighted by atomic mass is 16.4. The molecule has 5 unspecified atom stereocenters. The Morgan fingerprint density at radius 3 is 1.88 bits per heavy atom. The van der Waals surface area contributed by atoms with Crippen molar-refractivity contribution in [1.29, 1.82) is 0 Å². The van der Waals surface area contributed by atoms with E-state index in [-0.39, 0.29) is 25.0 Å². The minimum Gasteiger partial charge on any atom is -0.508 e. The molecule has 218 valence electrons. The molecule has 0 radical (unpaired) electrons. The number of carbonyl (C=O) groups is 4. The molecule has 13 heteroatoms. The van der Waals surface area contributed by atoms with Gasteiger partial charge in [0.05, 0.1) is 12.4 Å². The van der Waals surface area contributed by atoms with Crippen molar-refractivity contribution in [3.63, 3.8) is 0 Å². The summed E-state index contributed by atoms with van der Waals surface area (Å²) in [5.41, 5.74) is 7.54. The van der Waals surface area contributed by atoms with E-state index in [1.54, 1.807) is 42.5 Å². The van der Waals surface area contributed by atoms with Crippen LogP contribution in [0.15, 0.2) is 67.1 Å². The summed E-state index contributed by atoms with van der Waals surface area (Å²) in [6, 6.07) is 9.74. The molecule has 0 aliphatic carbocycles. The van der Waals surface area contributed by atoms with Crippen molar-refractivity contribution < 1.29 is 34.5 Å². The second kappa shape index (κ2) is 14.6. The molecule has 1 aromatic heterocycles. The summed E-state index contributed by atoms with van der Waals surface area (Å²) in [5, 5.41) is 36.7. The highest BCUT2D eigenvalue weighted by molar-refractivity contribution is 5.94. The quantitative estimate of drug-likeness (QED) is 0.125. The summed E-state index contributed by atoms with van der Waals surface area (Å²) >= 11 is 0. The van der Waals surface area contributed by atoms with Crippen molar-refractivity contribution in [3.05, 3.63) is 83.9 Å². The van der Waals surface area contributed by atoms with Gasteiger partial charge in [-0.05, 0) is 30.2 Å². The van der Waals surface area contributed by atoms with Crippen LogP contribution in [-0.2, 0) is 38.4 Å². The topological polar surface area (TPSA) is 220 Å². The molecule has 0 aliphatic rings. The van der Waals surface area contributed by atoms with Gasteiger partial charge in [-0.25, -0.2) is 9.78 Å². The summed E-state index contributed by atoms with van der Waals surface area (Å²) < 4.78 is 0. The predicted octanol–water partition coefficient (Wildman–Crippen LogP) is -0.610. The SMILES string of the molecule is CC(O)C(N)C(=O)NC(Cc1ccc(O)cc1)C(=O)NC(Cc1ccccc1)C(=O)NC(Cc1cnc[nH]1)C(=O)O. The number of imidazole rings is 1. The second-order valence-corrected chi connectivity index (χ2v) is 9.63. The zero-order chi connectivity index (χ0) is 29.9. The fourth-order valence-electron chi connectivity index (χ4n) is 3.98. The monoisotopic (exact) mass is 566 g/mol. The molecule has 0 spiro atoms. The van der Waals surface area contributed by atoms with Gasteiger partial charge in [0.2, 0.25) is 17.7 Å². The Balaban J connectivity index is 1.84. The van der Waals surface area contributed by atoms with Gasteiger partial charge >= 0.3 is 5.97 Å². The third kappa shape index (κ3) is 9.44. The summed E-state index contributed by atoms with van der Waals surface area (Å²) in [5.74, 6) is -3.53. The van der Waals surface area contributed by atoms with E-state index in [2.05, 4.69) is 25.9 Å². The van der Waals surface area contributed by atoms with Crippen molar-refractivity contribution in [2.24, 2.45) is 5.73 Å². The van der Waals surface area contributed by atoms with Crippen LogP contribution in [0.2, 0.25) is 0 Å². The van der Waals surface area contributed by atoms with E-state index >= 15 is 0 Å². The maximum absolute atomic E-state index is 13.5. The first-order valence-electron chi connectivity index (χ1n) is 12.9. The maximum atomic E-state index is 13.5. The van der Waals surface area contributed by atoms with Crippen molar-refractivity contribution >= 4 is 23.7 Å². The number of phenols is 1. The third-order valence-electron chi connectivity index (χ3n) is 6.34. The Morgan fingerprint density at radius 1 is 0.829 bits per heavy atom. The van der Waals surface area contributed by atoms with Crippen molar-refractivity contribution in [2.75, 3.05) is 0 Å². The molecule has 2 aromatic carbocycles. The van der Waals surface area contributed by atoms with Gasteiger partial charge in [-0.1, -0.05) is 42.5 Å². The molecule has 3 amide bonds. The highest BCUT2D eigenvalue weighted by Crippen LogP contribution is 2.13. The Hall–Kier alpha value is -4.75. The van der Waals surface area contributed by atoms with Crippen LogP contribution in [0.25, 0.3) is 0 Å².